The van der Waals surface area contributed by atoms with Crippen LogP contribution in [0.5, 0.6) is 5.75 Å². The molecule has 0 bridgehead atoms. The zero-order chi connectivity index (χ0) is 29.0. The number of fused-ring (bicyclic) bond motifs is 1. The van der Waals surface area contributed by atoms with Gasteiger partial charge in [-0.1, -0.05) is 26.8 Å². The van der Waals surface area contributed by atoms with Crippen LogP contribution < -0.4 is 20.7 Å². The summed E-state index contributed by atoms with van der Waals surface area (Å²) in [7, 11) is 1.57. The van der Waals surface area contributed by atoms with Crippen LogP contribution in [0.2, 0.25) is 0 Å². The number of amidine groups is 1. The van der Waals surface area contributed by atoms with Crippen molar-refractivity contribution in [2.75, 3.05) is 20.2 Å². The Hall–Kier alpha value is -4.02. The summed E-state index contributed by atoms with van der Waals surface area (Å²) in [6, 6.07) is 5.71. The first kappa shape index (κ1) is 29.0. The number of methoxy groups -OCH3 is 1. The Kier molecular flexibility index (Phi) is 9.01. The van der Waals surface area contributed by atoms with E-state index >= 15 is 0 Å². The number of rotatable bonds is 12. The van der Waals surface area contributed by atoms with E-state index < -0.39 is 30.0 Å². The van der Waals surface area contributed by atoms with Crippen molar-refractivity contribution < 1.29 is 23.9 Å². The molecule has 2 aliphatic rings. The van der Waals surface area contributed by atoms with E-state index in [2.05, 4.69) is 27.5 Å². The van der Waals surface area contributed by atoms with Crippen LogP contribution in [-0.2, 0) is 14.3 Å². The Morgan fingerprint density at radius 3 is 2.73 bits per heavy atom. The van der Waals surface area contributed by atoms with Gasteiger partial charge in [0.15, 0.2) is 12.0 Å². The Balaban J connectivity index is 1.55. The standard InChI is InChI=1S/C29H40N6O5/c1-6-12-35-17(4)40-25(26(35)30)21(14-18-10-11-31-27(18)36)33-28(37)22(13-16(2)3)34-29(38)23-15-19-20(32-23)8-7-9-24(19)39-5/h7-9,15-16,18,21-22,25,30,32H,4,6,10-14H2,1-3,5H3,(H,31,36)(H,33,37)(H,34,38). The minimum Gasteiger partial charge on any atom is -0.496 e. The normalized spacial score (nSPS) is 20.4. The summed E-state index contributed by atoms with van der Waals surface area (Å²) in [4.78, 5) is 44.2. The molecule has 40 heavy (non-hydrogen) atoms. The summed E-state index contributed by atoms with van der Waals surface area (Å²) in [5.41, 5.74) is 1.06. The number of nitrogens with one attached hydrogen (secondary N) is 5. The molecule has 1 aromatic carbocycles. The third-order valence-corrected chi connectivity index (χ3v) is 7.38. The maximum absolute atomic E-state index is 13.7. The van der Waals surface area contributed by atoms with E-state index in [0.717, 1.165) is 17.3 Å². The molecule has 3 heterocycles. The number of benzene rings is 1. The molecule has 2 aromatic rings. The fourth-order valence-electron chi connectivity index (χ4n) is 5.38. The van der Waals surface area contributed by atoms with Gasteiger partial charge in [-0.25, -0.2) is 0 Å². The van der Waals surface area contributed by atoms with Gasteiger partial charge in [0.1, 0.15) is 23.3 Å². The highest BCUT2D eigenvalue weighted by Crippen LogP contribution is 2.28. The molecule has 0 saturated carbocycles. The number of nitrogens with zero attached hydrogens (tertiary/aromatic N) is 1. The molecule has 11 nitrogen and oxygen atoms in total. The summed E-state index contributed by atoms with van der Waals surface area (Å²) >= 11 is 0. The van der Waals surface area contributed by atoms with Crippen LogP contribution in [0.25, 0.3) is 10.9 Å². The van der Waals surface area contributed by atoms with E-state index in [9.17, 15) is 14.4 Å². The predicted octanol–water partition coefficient (Wildman–Crippen LogP) is 2.89. The first-order valence-corrected chi connectivity index (χ1v) is 13.9. The lowest BCUT2D eigenvalue weighted by molar-refractivity contribution is -0.126. The quantitative estimate of drug-likeness (QED) is 0.273. The molecule has 4 unspecified atom stereocenters. The zero-order valence-corrected chi connectivity index (χ0v) is 23.6. The van der Waals surface area contributed by atoms with E-state index in [0.29, 0.717) is 49.7 Å². The maximum Gasteiger partial charge on any atom is 0.268 e. The molecule has 216 valence electrons. The van der Waals surface area contributed by atoms with Gasteiger partial charge >= 0.3 is 0 Å². The fraction of sp³-hybridized carbons (Fsp3) is 0.517. The second-order valence-electron chi connectivity index (χ2n) is 10.9. The third-order valence-electron chi connectivity index (χ3n) is 7.38. The van der Waals surface area contributed by atoms with Crippen LogP contribution in [0.4, 0.5) is 0 Å². The SMILES string of the molecule is C=C1OC(C(CC2CCNC2=O)NC(=O)C(CC(C)C)NC(=O)c2cc3c(OC)cccc3[nH]2)C(=N)N1CCC. The average Bonchev–Trinajstić information content (AvgIpc) is 3.61. The first-order valence-electron chi connectivity index (χ1n) is 13.9. The fourth-order valence-corrected chi connectivity index (χ4v) is 5.38. The predicted molar refractivity (Wildman–Crippen MR) is 152 cm³/mol. The van der Waals surface area contributed by atoms with Gasteiger partial charge in [0, 0.05) is 29.9 Å². The number of H-pyrrole nitrogens is 1. The van der Waals surface area contributed by atoms with Crippen LogP contribution in [0.1, 0.15) is 56.9 Å². The van der Waals surface area contributed by atoms with Crippen molar-refractivity contribution >= 4 is 34.5 Å². The summed E-state index contributed by atoms with van der Waals surface area (Å²) < 4.78 is 11.4. The van der Waals surface area contributed by atoms with Crippen molar-refractivity contribution in [3.8, 4) is 5.75 Å². The van der Waals surface area contributed by atoms with Gasteiger partial charge < -0.3 is 30.4 Å². The van der Waals surface area contributed by atoms with Crippen molar-refractivity contribution in [1.82, 2.24) is 25.8 Å². The summed E-state index contributed by atoms with van der Waals surface area (Å²) in [5.74, 6) is 0.108. The number of aromatic amines is 1. The number of amides is 3. The van der Waals surface area contributed by atoms with Gasteiger partial charge in [0.2, 0.25) is 11.8 Å². The lowest BCUT2D eigenvalue weighted by atomic mass is 9.93. The summed E-state index contributed by atoms with van der Waals surface area (Å²) in [6.45, 7) is 11.0. The maximum atomic E-state index is 13.7. The van der Waals surface area contributed by atoms with Crippen molar-refractivity contribution in [2.24, 2.45) is 11.8 Å². The Bertz CT molecular complexity index is 1290. The van der Waals surface area contributed by atoms with Crippen molar-refractivity contribution in [3.05, 3.63) is 42.4 Å². The van der Waals surface area contributed by atoms with Crippen LogP contribution in [0.15, 0.2) is 36.7 Å². The van der Waals surface area contributed by atoms with Crippen LogP contribution in [0.3, 0.4) is 0 Å². The van der Waals surface area contributed by atoms with Gasteiger partial charge in [-0.2, -0.15) is 0 Å². The smallest absolute Gasteiger partial charge is 0.268 e. The molecule has 2 saturated heterocycles. The van der Waals surface area contributed by atoms with Crippen LogP contribution >= 0.6 is 0 Å². The molecule has 5 N–H and O–H groups in total. The van der Waals surface area contributed by atoms with E-state index in [1.807, 2.05) is 39.0 Å². The molecule has 2 aliphatic heterocycles. The van der Waals surface area contributed by atoms with Crippen LogP contribution in [-0.4, -0.2) is 71.8 Å². The highest BCUT2D eigenvalue weighted by Gasteiger charge is 2.42. The van der Waals surface area contributed by atoms with E-state index in [1.165, 1.54) is 0 Å². The summed E-state index contributed by atoms with van der Waals surface area (Å²) in [6.07, 6.45) is 1.35. The number of aromatic nitrogens is 1. The van der Waals surface area contributed by atoms with E-state index in [4.69, 9.17) is 14.9 Å². The molecule has 1 aromatic heterocycles. The molecule has 2 fully saturated rings. The van der Waals surface area contributed by atoms with Crippen molar-refractivity contribution in [2.45, 2.75) is 64.6 Å². The molecular formula is C29H40N6O5. The van der Waals surface area contributed by atoms with E-state index in [-0.39, 0.29) is 23.6 Å². The number of hydrogen-bond donors (Lipinski definition) is 5. The Labute approximate surface area is 234 Å². The molecule has 4 rings (SSSR count). The zero-order valence-electron chi connectivity index (χ0n) is 23.6. The number of ether oxygens (including phenoxy) is 2. The van der Waals surface area contributed by atoms with Gasteiger partial charge in [-0.05, 0) is 56.4 Å². The third kappa shape index (κ3) is 6.24. The number of hydrogen-bond acceptors (Lipinski definition) is 6. The second kappa shape index (κ2) is 12.4. The second-order valence-corrected chi connectivity index (χ2v) is 10.9. The average molecular weight is 553 g/mol. The summed E-state index contributed by atoms with van der Waals surface area (Å²) in [5, 5.41) is 18.3. The van der Waals surface area contributed by atoms with Crippen LogP contribution in [0, 0.1) is 17.2 Å². The molecule has 0 spiro atoms. The number of carbonyl (C=O) groups is 3. The lowest BCUT2D eigenvalue weighted by Crippen LogP contribution is -2.55. The molecule has 4 atom stereocenters. The topological polar surface area (TPSA) is 149 Å². The van der Waals surface area contributed by atoms with E-state index in [1.54, 1.807) is 18.1 Å². The highest BCUT2D eigenvalue weighted by molar-refractivity contribution is 6.01. The monoisotopic (exact) mass is 552 g/mol. The van der Waals surface area contributed by atoms with Gasteiger partial charge in [-0.3, -0.25) is 24.7 Å². The lowest BCUT2D eigenvalue weighted by Gasteiger charge is -2.28. The van der Waals surface area contributed by atoms with Crippen molar-refractivity contribution in [1.29, 1.82) is 5.41 Å². The largest absolute Gasteiger partial charge is 0.496 e. The first-order chi connectivity index (χ1) is 19.1. The Morgan fingerprint density at radius 2 is 2.08 bits per heavy atom. The molecule has 0 radical (unpaired) electrons. The molecular weight excluding hydrogens is 512 g/mol. The molecule has 3 amide bonds. The molecule has 0 aliphatic carbocycles. The van der Waals surface area contributed by atoms with Gasteiger partial charge in [0.05, 0.1) is 13.2 Å². The van der Waals surface area contributed by atoms with Gasteiger partial charge in [-0.15, -0.1) is 0 Å². The highest BCUT2D eigenvalue weighted by atomic mass is 16.5. The minimum atomic E-state index is -0.841. The Morgan fingerprint density at radius 1 is 1.30 bits per heavy atom. The van der Waals surface area contributed by atoms with Gasteiger partial charge in [0.25, 0.3) is 5.91 Å². The van der Waals surface area contributed by atoms with Crippen molar-refractivity contribution in [3.63, 3.8) is 0 Å². The number of carbonyl (C=O) groups excluding carboxylic acids is 3. The molecule has 11 heteroatoms. The minimum absolute atomic E-state index is 0.0747.